The molecule has 0 bridgehead atoms. The number of hydroxylamine groups is 4. The van der Waals surface area contributed by atoms with Crippen molar-refractivity contribution in [3.8, 4) is 0 Å². The van der Waals surface area contributed by atoms with E-state index in [4.69, 9.17) is 0 Å². The first-order valence-electron chi connectivity index (χ1n) is 5.86. The van der Waals surface area contributed by atoms with E-state index in [2.05, 4.69) is 0 Å². The third kappa shape index (κ3) is 1.60. The van der Waals surface area contributed by atoms with Gasteiger partial charge in [0, 0.05) is 5.56 Å². The Hall–Kier alpha value is -0.940. The van der Waals surface area contributed by atoms with Crippen LogP contribution in [0.4, 0.5) is 0 Å². The van der Waals surface area contributed by atoms with Crippen LogP contribution in [0, 0.1) is 5.21 Å². The standard InChI is InChI=1S/C13H19N2O2/c1-12(2)13(3,4)15(17)11(14(12)16)10-8-6-5-7-9-10/h5-9,11,14H,1-4H3. The maximum atomic E-state index is 12.4. The van der Waals surface area contributed by atoms with Gasteiger partial charge in [0.2, 0.25) is 0 Å². The van der Waals surface area contributed by atoms with Gasteiger partial charge < -0.3 is 10.3 Å². The van der Waals surface area contributed by atoms with Gasteiger partial charge in [0.05, 0.1) is 0 Å². The molecule has 1 fully saturated rings. The molecule has 0 amide bonds. The Kier molecular flexibility index (Phi) is 2.78. The summed E-state index contributed by atoms with van der Waals surface area (Å²) in [4.78, 5) is 0. The average Bonchev–Trinajstić information content (AvgIpc) is 2.40. The zero-order chi connectivity index (χ0) is 12.8. The molecule has 1 saturated heterocycles. The molecule has 0 aliphatic carbocycles. The van der Waals surface area contributed by atoms with Crippen molar-refractivity contribution in [3.63, 3.8) is 0 Å². The molecule has 1 radical (unpaired) electrons. The van der Waals surface area contributed by atoms with E-state index in [1.54, 1.807) is 0 Å². The van der Waals surface area contributed by atoms with Crippen LogP contribution in [0.5, 0.6) is 0 Å². The summed E-state index contributed by atoms with van der Waals surface area (Å²) in [6, 6.07) is 9.27. The van der Waals surface area contributed by atoms with E-state index >= 15 is 0 Å². The number of hydrogen-bond donors (Lipinski definition) is 1. The van der Waals surface area contributed by atoms with E-state index in [1.165, 1.54) is 0 Å². The fourth-order valence-corrected chi connectivity index (χ4v) is 2.27. The van der Waals surface area contributed by atoms with Crippen molar-refractivity contribution < 1.29 is 10.3 Å². The molecule has 2 rings (SSSR count). The first-order valence-corrected chi connectivity index (χ1v) is 5.86. The Morgan fingerprint density at radius 1 is 1.18 bits per heavy atom. The first kappa shape index (κ1) is 12.5. The summed E-state index contributed by atoms with van der Waals surface area (Å²) in [6.07, 6.45) is -0.666. The molecular weight excluding hydrogens is 216 g/mol. The van der Waals surface area contributed by atoms with Crippen LogP contribution < -0.4 is 5.06 Å². The molecule has 1 N–H and O–H groups in total. The van der Waals surface area contributed by atoms with Gasteiger partial charge in [0.1, 0.15) is 11.1 Å². The summed E-state index contributed by atoms with van der Waals surface area (Å²) in [7, 11) is 0. The summed E-state index contributed by atoms with van der Waals surface area (Å²) in [5, 5.41) is 25.7. The lowest BCUT2D eigenvalue weighted by atomic mass is 9.84. The van der Waals surface area contributed by atoms with Gasteiger partial charge in [-0.3, -0.25) is 0 Å². The lowest BCUT2D eigenvalue weighted by molar-refractivity contribution is -0.926. The van der Waals surface area contributed by atoms with Gasteiger partial charge in [-0.15, -0.1) is 5.21 Å². The zero-order valence-electron chi connectivity index (χ0n) is 10.7. The number of benzene rings is 1. The van der Waals surface area contributed by atoms with Crippen LogP contribution in [0.25, 0.3) is 0 Å². The quantitative estimate of drug-likeness (QED) is 0.746. The van der Waals surface area contributed by atoms with Crippen molar-refractivity contribution in [1.29, 1.82) is 0 Å². The van der Waals surface area contributed by atoms with Gasteiger partial charge in [-0.05, 0) is 27.7 Å². The second-order valence-corrected chi connectivity index (χ2v) is 5.69. The second kappa shape index (κ2) is 3.78. The van der Waals surface area contributed by atoms with Crippen LogP contribution in [0.2, 0.25) is 0 Å². The summed E-state index contributed by atoms with van der Waals surface area (Å²) in [6.45, 7) is 7.37. The predicted molar refractivity (Wildman–Crippen MR) is 64.2 cm³/mol. The van der Waals surface area contributed by atoms with E-state index in [0.717, 1.165) is 10.6 Å². The molecule has 93 valence electrons. The molecule has 1 aliphatic heterocycles. The minimum atomic E-state index is -0.676. The van der Waals surface area contributed by atoms with Crippen molar-refractivity contribution in [2.45, 2.75) is 44.9 Å². The molecule has 0 aromatic heterocycles. The maximum absolute atomic E-state index is 12.4. The summed E-state index contributed by atoms with van der Waals surface area (Å²) in [5.74, 6) is 0. The monoisotopic (exact) mass is 235 g/mol. The number of quaternary nitrogens is 1. The number of rotatable bonds is 1. The largest absolute Gasteiger partial charge is 0.632 e. The molecule has 1 aromatic carbocycles. The van der Waals surface area contributed by atoms with E-state index in [-0.39, 0.29) is 5.06 Å². The van der Waals surface area contributed by atoms with Crippen molar-refractivity contribution in [2.75, 3.05) is 0 Å². The third-order valence-electron chi connectivity index (χ3n) is 4.29. The number of nitrogens with zero attached hydrogens (tertiary/aromatic N) is 1. The minimum absolute atomic E-state index is 0.00343. The van der Waals surface area contributed by atoms with Gasteiger partial charge >= 0.3 is 0 Å². The summed E-state index contributed by atoms with van der Waals surface area (Å²) >= 11 is 0. The van der Waals surface area contributed by atoms with Gasteiger partial charge in [-0.1, -0.05) is 35.4 Å². The number of hydrogen-bond acceptors (Lipinski definition) is 2. The highest BCUT2D eigenvalue weighted by molar-refractivity contribution is 5.19. The molecule has 1 heterocycles. The molecule has 1 aliphatic rings. The lowest BCUT2D eigenvalue weighted by Crippen LogP contribution is -3.14. The second-order valence-electron chi connectivity index (χ2n) is 5.69. The fourth-order valence-electron chi connectivity index (χ4n) is 2.27. The van der Waals surface area contributed by atoms with Crippen LogP contribution in [-0.2, 0) is 5.21 Å². The van der Waals surface area contributed by atoms with Gasteiger partial charge in [-0.25, -0.2) is 0 Å². The molecule has 0 saturated carbocycles. The van der Waals surface area contributed by atoms with Crippen molar-refractivity contribution in [1.82, 2.24) is 5.06 Å². The molecule has 17 heavy (non-hydrogen) atoms. The molecule has 2 unspecified atom stereocenters. The predicted octanol–water partition coefficient (Wildman–Crippen LogP) is 1.29. The highest BCUT2D eigenvalue weighted by atomic mass is 16.6. The molecule has 1 aromatic rings. The minimum Gasteiger partial charge on any atom is -0.632 e. The van der Waals surface area contributed by atoms with Crippen LogP contribution in [0.1, 0.15) is 39.4 Å². The third-order valence-corrected chi connectivity index (χ3v) is 4.29. The van der Waals surface area contributed by atoms with Gasteiger partial charge in [0.25, 0.3) is 0 Å². The maximum Gasteiger partial charge on any atom is 0.196 e. The molecule has 0 spiro atoms. The average molecular weight is 235 g/mol. The fraction of sp³-hybridized carbons (Fsp3) is 0.538. The van der Waals surface area contributed by atoms with E-state index < -0.39 is 17.2 Å². The Morgan fingerprint density at radius 3 is 2.12 bits per heavy atom. The highest BCUT2D eigenvalue weighted by Gasteiger charge is 2.60. The van der Waals surface area contributed by atoms with Crippen LogP contribution in [0.3, 0.4) is 0 Å². The van der Waals surface area contributed by atoms with Crippen molar-refractivity contribution >= 4 is 0 Å². The van der Waals surface area contributed by atoms with Crippen molar-refractivity contribution in [3.05, 3.63) is 41.1 Å². The smallest absolute Gasteiger partial charge is 0.196 e. The Bertz CT molecular complexity index is 383. The Labute approximate surface area is 102 Å². The first-order chi connectivity index (χ1) is 7.80. The SMILES string of the molecule is CC1(C)N([O])C(c2ccccc2)[NH+]([O-])C1(C)C. The zero-order valence-corrected chi connectivity index (χ0v) is 10.7. The summed E-state index contributed by atoms with van der Waals surface area (Å²) in [5.41, 5.74) is -0.522. The number of nitrogens with one attached hydrogen (secondary N) is 1. The van der Waals surface area contributed by atoms with Gasteiger partial charge in [-0.2, -0.15) is 0 Å². The van der Waals surface area contributed by atoms with Crippen LogP contribution >= 0.6 is 0 Å². The lowest BCUT2D eigenvalue weighted by Gasteiger charge is -2.38. The van der Waals surface area contributed by atoms with Crippen LogP contribution in [0.15, 0.2) is 30.3 Å². The molecular formula is C13H19N2O2. The molecule has 4 heteroatoms. The van der Waals surface area contributed by atoms with Gasteiger partial charge in [0.15, 0.2) is 6.17 Å². The molecule has 4 nitrogen and oxygen atoms in total. The van der Waals surface area contributed by atoms with Crippen molar-refractivity contribution in [2.24, 2.45) is 0 Å². The normalized spacial score (nSPS) is 31.6. The van der Waals surface area contributed by atoms with E-state index in [9.17, 15) is 10.4 Å². The topological polar surface area (TPSA) is 50.6 Å². The van der Waals surface area contributed by atoms with Crippen LogP contribution in [-0.4, -0.2) is 16.1 Å². The Morgan fingerprint density at radius 2 is 1.71 bits per heavy atom. The highest BCUT2D eigenvalue weighted by Crippen LogP contribution is 2.36. The molecule has 2 atom stereocenters. The van der Waals surface area contributed by atoms with E-state index in [0.29, 0.717) is 0 Å². The Balaban J connectivity index is 2.45. The summed E-state index contributed by atoms with van der Waals surface area (Å²) < 4.78 is 0. The van der Waals surface area contributed by atoms with E-state index in [1.807, 2.05) is 58.0 Å².